The summed E-state index contributed by atoms with van der Waals surface area (Å²) in [7, 11) is 0. The minimum absolute atomic E-state index is 0.0172. The molecule has 0 atom stereocenters. The van der Waals surface area contributed by atoms with Crippen LogP contribution in [0.25, 0.3) is 21.9 Å². The normalized spacial score (nSPS) is 11.1. The highest BCUT2D eigenvalue weighted by Crippen LogP contribution is 2.33. The summed E-state index contributed by atoms with van der Waals surface area (Å²) in [4.78, 5) is 10.8. The molecule has 3 rings (SSSR count). The van der Waals surface area contributed by atoms with E-state index in [9.17, 15) is 18.0 Å². The van der Waals surface area contributed by atoms with Gasteiger partial charge in [0.05, 0.1) is 0 Å². The van der Waals surface area contributed by atoms with Gasteiger partial charge in [0.15, 0.2) is 0 Å². The Kier molecular flexibility index (Phi) is 3.91. The molecule has 0 aliphatic rings. The zero-order valence-electron chi connectivity index (χ0n) is 13.5. The molecule has 0 aliphatic carbocycles. The van der Waals surface area contributed by atoms with Gasteiger partial charge in [-0.1, -0.05) is 29.8 Å². The highest BCUT2D eigenvalue weighted by molar-refractivity contribution is 5.97. The minimum Gasteiger partial charge on any atom is -0.255 e. The van der Waals surface area contributed by atoms with Gasteiger partial charge in [-0.2, -0.15) is 4.39 Å². The molecule has 24 heavy (non-hydrogen) atoms. The van der Waals surface area contributed by atoms with Crippen molar-refractivity contribution in [1.29, 1.82) is 0 Å². The highest BCUT2D eigenvalue weighted by Gasteiger charge is 2.20. The van der Waals surface area contributed by atoms with Gasteiger partial charge in [-0.25, -0.2) is 8.78 Å². The second kappa shape index (κ2) is 5.78. The van der Waals surface area contributed by atoms with E-state index in [4.69, 9.17) is 0 Å². The average molecular weight is 328 g/mol. The van der Waals surface area contributed by atoms with Crippen molar-refractivity contribution in [3.05, 3.63) is 70.3 Å². The molecule has 122 valence electrons. The molecule has 1 nitrogen and oxygen atoms in total. The number of carbonyl (C=O) groups is 1. The summed E-state index contributed by atoms with van der Waals surface area (Å²) in [5.41, 5.74) is 3.92. The fourth-order valence-corrected chi connectivity index (χ4v) is 3.30. The maximum atomic E-state index is 14.2. The summed E-state index contributed by atoms with van der Waals surface area (Å²) in [5.74, 6) is -2.36. The van der Waals surface area contributed by atoms with E-state index >= 15 is 0 Å². The van der Waals surface area contributed by atoms with Crippen LogP contribution in [0.15, 0.2) is 36.4 Å². The molecule has 0 saturated carbocycles. The lowest BCUT2D eigenvalue weighted by Crippen LogP contribution is -2.01. The molecule has 0 heterocycles. The van der Waals surface area contributed by atoms with E-state index in [1.54, 1.807) is 12.1 Å². The number of fused-ring (bicyclic) bond motifs is 1. The lowest BCUT2D eigenvalue weighted by molar-refractivity contribution is 0.0827. The number of hydrogen-bond acceptors (Lipinski definition) is 1. The lowest BCUT2D eigenvalue weighted by atomic mass is 9.92. The zero-order valence-corrected chi connectivity index (χ0v) is 13.5. The van der Waals surface area contributed by atoms with Gasteiger partial charge in [0.1, 0.15) is 17.2 Å². The van der Waals surface area contributed by atoms with Crippen molar-refractivity contribution in [2.45, 2.75) is 20.8 Å². The van der Waals surface area contributed by atoms with E-state index in [-0.39, 0.29) is 10.8 Å². The van der Waals surface area contributed by atoms with Crippen LogP contribution in [0.1, 0.15) is 27.0 Å². The summed E-state index contributed by atoms with van der Waals surface area (Å²) in [5, 5.41) is 0.301. The van der Waals surface area contributed by atoms with Crippen molar-refractivity contribution in [1.82, 2.24) is 0 Å². The Morgan fingerprint density at radius 1 is 0.917 bits per heavy atom. The lowest BCUT2D eigenvalue weighted by Gasteiger charge is -2.13. The van der Waals surface area contributed by atoms with Crippen LogP contribution < -0.4 is 0 Å². The predicted octanol–water partition coefficient (Wildman–Crippen LogP) is 5.82. The van der Waals surface area contributed by atoms with Crippen LogP contribution in [0, 0.1) is 32.4 Å². The third kappa shape index (κ3) is 2.58. The maximum absolute atomic E-state index is 14.2. The van der Waals surface area contributed by atoms with Gasteiger partial charge in [-0.3, -0.25) is 4.79 Å². The number of carbonyl (C=O) groups excluding carboxylic acids is 1. The molecule has 0 spiro atoms. The second-order valence-corrected chi connectivity index (χ2v) is 6.03. The van der Waals surface area contributed by atoms with Crippen molar-refractivity contribution in [2.75, 3.05) is 0 Å². The van der Waals surface area contributed by atoms with Crippen molar-refractivity contribution in [2.24, 2.45) is 0 Å². The second-order valence-electron chi connectivity index (χ2n) is 6.03. The van der Waals surface area contributed by atoms with Crippen molar-refractivity contribution >= 4 is 16.8 Å². The Labute approximate surface area is 137 Å². The van der Waals surface area contributed by atoms with Gasteiger partial charge in [0.2, 0.25) is 0 Å². The van der Waals surface area contributed by atoms with E-state index in [1.165, 1.54) is 6.07 Å². The first-order valence-electron chi connectivity index (χ1n) is 7.49. The monoisotopic (exact) mass is 328 g/mol. The third-order valence-corrected chi connectivity index (χ3v) is 4.19. The maximum Gasteiger partial charge on any atom is 0.338 e. The molecule has 0 aliphatic heterocycles. The van der Waals surface area contributed by atoms with Crippen molar-refractivity contribution in [3.63, 3.8) is 0 Å². The molecule has 3 aromatic rings. The third-order valence-electron chi connectivity index (χ3n) is 4.19. The topological polar surface area (TPSA) is 17.1 Å². The van der Waals surface area contributed by atoms with Gasteiger partial charge in [0.25, 0.3) is 0 Å². The molecule has 0 bridgehead atoms. The summed E-state index contributed by atoms with van der Waals surface area (Å²) in [6.45, 7) is 5.96. The van der Waals surface area contributed by atoms with Crippen LogP contribution >= 0.6 is 0 Å². The Hall–Kier alpha value is -2.62. The Morgan fingerprint density at radius 2 is 1.54 bits per heavy atom. The van der Waals surface area contributed by atoms with E-state index < -0.39 is 23.2 Å². The molecule has 0 saturated heterocycles. The van der Waals surface area contributed by atoms with Crippen LogP contribution in [0.3, 0.4) is 0 Å². The molecular weight excluding hydrogens is 313 g/mol. The van der Waals surface area contributed by atoms with Gasteiger partial charge >= 0.3 is 6.04 Å². The van der Waals surface area contributed by atoms with Gasteiger partial charge < -0.3 is 0 Å². The van der Waals surface area contributed by atoms with Crippen molar-refractivity contribution < 1.29 is 18.0 Å². The van der Waals surface area contributed by atoms with Crippen molar-refractivity contribution in [3.8, 4) is 11.1 Å². The minimum atomic E-state index is -2.11. The molecule has 0 aromatic heterocycles. The highest BCUT2D eigenvalue weighted by atomic mass is 19.2. The number of hydrogen-bond donors (Lipinski definition) is 0. The number of benzene rings is 3. The first-order chi connectivity index (χ1) is 11.3. The predicted molar refractivity (Wildman–Crippen MR) is 88.9 cm³/mol. The molecule has 0 unspecified atom stereocenters. The Morgan fingerprint density at radius 3 is 2.12 bits per heavy atom. The first-order valence-corrected chi connectivity index (χ1v) is 7.49. The first kappa shape index (κ1) is 16.2. The summed E-state index contributed by atoms with van der Waals surface area (Å²) in [6, 6.07) is 7.76. The smallest absolute Gasteiger partial charge is 0.255 e. The summed E-state index contributed by atoms with van der Waals surface area (Å²) < 4.78 is 41.0. The fraction of sp³-hybridized carbons (Fsp3) is 0.150. The molecular formula is C20H15F3O. The van der Waals surface area contributed by atoms with Gasteiger partial charge in [-0.15, -0.1) is 0 Å². The molecule has 0 fully saturated rings. The van der Waals surface area contributed by atoms with Gasteiger partial charge in [0, 0.05) is 5.39 Å². The molecule has 4 heteroatoms. The molecule has 0 N–H and O–H groups in total. The van der Waals surface area contributed by atoms with E-state index in [2.05, 4.69) is 0 Å². The number of halogens is 3. The average Bonchev–Trinajstić information content (AvgIpc) is 2.45. The fourth-order valence-electron chi connectivity index (χ4n) is 3.30. The number of aryl methyl sites for hydroxylation is 3. The van der Waals surface area contributed by atoms with Crippen LogP contribution in [0.2, 0.25) is 0 Å². The summed E-state index contributed by atoms with van der Waals surface area (Å²) in [6.07, 6.45) is 0. The summed E-state index contributed by atoms with van der Waals surface area (Å²) >= 11 is 0. The quantitative estimate of drug-likeness (QED) is 0.542. The van der Waals surface area contributed by atoms with Gasteiger partial charge in [-0.05, 0) is 60.5 Å². The van der Waals surface area contributed by atoms with Crippen LogP contribution in [-0.4, -0.2) is 6.04 Å². The van der Waals surface area contributed by atoms with E-state index in [1.807, 2.05) is 32.9 Å². The van der Waals surface area contributed by atoms with Crippen LogP contribution in [-0.2, 0) is 0 Å². The van der Waals surface area contributed by atoms with E-state index in [0.717, 1.165) is 33.9 Å². The van der Waals surface area contributed by atoms with E-state index in [0.29, 0.717) is 0 Å². The molecule has 0 radical (unpaired) electrons. The Bertz CT molecular complexity index is 967. The standard InChI is InChI=1S/C20H15F3O/c1-10-6-11(2)17(12(3)7-10)13-4-5-15-14(8-13)9-16(21)18(19(15)22)20(23)24/h4-9H,1-3H3. The largest absolute Gasteiger partial charge is 0.338 e. The zero-order chi connectivity index (χ0) is 17.6. The number of rotatable bonds is 2. The molecule has 0 amide bonds. The molecule has 3 aromatic carbocycles. The van der Waals surface area contributed by atoms with Crippen LogP contribution in [0.4, 0.5) is 13.2 Å². The SMILES string of the molecule is Cc1cc(C)c(-c2ccc3c(F)c(C(=O)F)c(F)cc3c2)c(C)c1. The van der Waals surface area contributed by atoms with Crippen LogP contribution in [0.5, 0.6) is 0 Å². The Balaban J connectivity index is 2.28.